The number of ether oxygens (including phenoxy) is 1. The number of anilines is 1. The molecule has 0 saturated carbocycles. The predicted molar refractivity (Wildman–Crippen MR) is 124 cm³/mol. The van der Waals surface area contributed by atoms with Crippen molar-refractivity contribution >= 4 is 22.4 Å². The molecule has 0 aliphatic carbocycles. The molecule has 1 heterocycles. The number of carboxylic acid groups (broad SMARTS) is 1. The van der Waals surface area contributed by atoms with Crippen LogP contribution in [-0.2, 0) is 4.79 Å². The van der Waals surface area contributed by atoms with Gasteiger partial charge in [-0.05, 0) is 30.3 Å². The van der Waals surface area contributed by atoms with Crippen LogP contribution in [-0.4, -0.2) is 35.4 Å². The third-order valence-corrected chi connectivity index (χ3v) is 4.69. The smallest absolute Gasteiger partial charge is 0.489 e. The molecule has 182 valence electrons. The van der Waals surface area contributed by atoms with Gasteiger partial charge < -0.3 is 20.1 Å². The van der Waals surface area contributed by atoms with Gasteiger partial charge in [0.15, 0.2) is 5.75 Å². The number of fused-ring (bicyclic) bond motifs is 1. The fourth-order valence-corrected chi connectivity index (χ4v) is 3.14. The monoisotopic (exact) mass is 488 g/mol. The van der Waals surface area contributed by atoms with Crippen LogP contribution < -0.4 is 15.6 Å². The molecule has 0 amide bonds. The number of carboxylic acids is 1. The first kappa shape index (κ1) is 25.3. The van der Waals surface area contributed by atoms with Gasteiger partial charge in [0.1, 0.15) is 12.4 Å². The van der Waals surface area contributed by atoms with Crippen LogP contribution in [0.5, 0.6) is 5.75 Å². The molecule has 0 atom stereocenters. The number of nitrogens with one attached hydrogen (secondary N) is 2. The van der Waals surface area contributed by atoms with Gasteiger partial charge >= 0.3 is 12.1 Å². The number of H-pyrrole nitrogens is 1. The summed E-state index contributed by atoms with van der Waals surface area (Å²) in [6, 6.07) is 23.5. The highest BCUT2D eigenvalue weighted by atomic mass is 19.4. The van der Waals surface area contributed by atoms with Crippen LogP contribution in [0.2, 0.25) is 0 Å². The summed E-state index contributed by atoms with van der Waals surface area (Å²) in [7, 11) is 0. The second kappa shape index (κ2) is 11.2. The Hall–Kier alpha value is -4.34. The number of halogens is 4. The van der Waals surface area contributed by atoms with E-state index in [0.717, 1.165) is 11.3 Å². The highest BCUT2D eigenvalue weighted by molar-refractivity contribution is 5.93. The molecule has 0 aliphatic heterocycles. The molecule has 0 spiro atoms. The van der Waals surface area contributed by atoms with Crippen LogP contribution in [0.4, 0.5) is 23.2 Å². The summed E-state index contributed by atoms with van der Waals surface area (Å²) < 4.78 is 51.5. The average molecular weight is 488 g/mol. The van der Waals surface area contributed by atoms with Crippen LogP contribution in [0.25, 0.3) is 22.0 Å². The average Bonchev–Trinajstić information content (AvgIpc) is 2.84. The summed E-state index contributed by atoms with van der Waals surface area (Å²) in [6.07, 6.45) is -5.08. The Balaban J connectivity index is 0.000000429. The van der Waals surface area contributed by atoms with Crippen molar-refractivity contribution in [3.8, 4) is 17.0 Å². The Morgan fingerprint density at radius 1 is 0.943 bits per heavy atom. The van der Waals surface area contributed by atoms with E-state index >= 15 is 0 Å². The molecule has 3 N–H and O–H groups in total. The zero-order valence-electron chi connectivity index (χ0n) is 18.1. The lowest BCUT2D eigenvalue weighted by atomic mass is 10.1. The predicted octanol–water partition coefficient (Wildman–Crippen LogP) is 5.46. The maximum absolute atomic E-state index is 13.7. The summed E-state index contributed by atoms with van der Waals surface area (Å²) >= 11 is 0. The Labute approximate surface area is 196 Å². The van der Waals surface area contributed by atoms with E-state index in [2.05, 4.69) is 10.3 Å². The van der Waals surface area contributed by atoms with Gasteiger partial charge in [-0.1, -0.05) is 48.5 Å². The minimum Gasteiger partial charge on any atom is -0.489 e. The van der Waals surface area contributed by atoms with Crippen LogP contribution in [0.15, 0.2) is 83.7 Å². The van der Waals surface area contributed by atoms with Crippen molar-refractivity contribution in [1.82, 2.24) is 4.98 Å². The molecule has 0 unspecified atom stereocenters. The van der Waals surface area contributed by atoms with Gasteiger partial charge in [-0.25, -0.2) is 9.18 Å². The van der Waals surface area contributed by atoms with E-state index in [1.54, 1.807) is 6.07 Å². The van der Waals surface area contributed by atoms with Gasteiger partial charge in [0.05, 0.1) is 11.1 Å². The first-order chi connectivity index (χ1) is 16.7. The van der Waals surface area contributed by atoms with Crippen molar-refractivity contribution < 1.29 is 32.2 Å². The lowest BCUT2D eigenvalue weighted by Gasteiger charge is -2.15. The first-order valence-corrected chi connectivity index (χ1v) is 10.3. The lowest BCUT2D eigenvalue weighted by Crippen LogP contribution is -2.21. The van der Waals surface area contributed by atoms with Crippen molar-refractivity contribution in [3.05, 3.63) is 95.0 Å². The maximum Gasteiger partial charge on any atom is 0.490 e. The minimum absolute atomic E-state index is 0.269. The van der Waals surface area contributed by atoms with E-state index in [-0.39, 0.29) is 10.9 Å². The van der Waals surface area contributed by atoms with Crippen LogP contribution in [0.3, 0.4) is 0 Å². The molecule has 10 heteroatoms. The van der Waals surface area contributed by atoms with E-state index in [9.17, 15) is 22.4 Å². The van der Waals surface area contributed by atoms with E-state index < -0.39 is 18.0 Å². The zero-order chi connectivity index (χ0) is 25.4. The number of aromatic nitrogens is 1. The number of hydrogen-bond donors (Lipinski definition) is 3. The quantitative estimate of drug-likeness (QED) is 0.248. The zero-order valence-corrected chi connectivity index (χ0v) is 18.1. The Bertz CT molecular complexity index is 1340. The number of carbonyl (C=O) groups is 1. The topological polar surface area (TPSA) is 91.4 Å². The molecule has 6 nitrogen and oxygen atoms in total. The molecule has 4 rings (SSSR count). The van der Waals surface area contributed by atoms with Gasteiger partial charge in [-0.3, -0.25) is 4.79 Å². The third kappa shape index (κ3) is 6.83. The molecular weight excluding hydrogens is 468 g/mol. The summed E-state index contributed by atoms with van der Waals surface area (Å²) in [5.74, 6) is -2.68. The van der Waals surface area contributed by atoms with Crippen molar-refractivity contribution in [2.75, 3.05) is 18.5 Å². The lowest BCUT2D eigenvalue weighted by molar-refractivity contribution is -0.192. The molecule has 0 saturated heterocycles. The number of pyridine rings is 1. The van der Waals surface area contributed by atoms with E-state index in [4.69, 9.17) is 14.6 Å². The Morgan fingerprint density at radius 3 is 2.14 bits per heavy atom. The van der Waals surface area contributed by atoms with Crippen LogP contribution >= 0.6 is 0 Å². The number of aromatic amines is 1. The van der Waals surface area contributed by atoms with Crippen molar-refractivity contribution in [2.24, 2.45) is 0 Å². The normalized spacial score (nSPS) is 10.9. The summed E-state index contributed by atoms with van der Waals surface area (Å²) in [6.45, 7) is 0.966. The molecule has 4 aromatic rings. The van der Waals surface area contributed by atoms with Gasteiger partial charge in [-0.15, -0.1) is 0 Å². The Morgan fingerprint density at radius 2 is 1.54 bits per heavy atom. The molecule has 35 heavy (non-hydrogen) atoms. The molecular formula is C25H20F4N2O4. The largest absolute Gasteiger partial charge is 0.490 e. The van der Waals surface area contributed by atoms with Crippen molar-refractivity contribution in [1.29, 1.82) is 0 Å². The minimum atomic E-state index is -5.08. The molecule has 0 radical (unpaired) electrons. The summed E-state index contributed by atoms with van der Waals surface area (Å²) in [5, 5.41) is 11.3. The van der Waals surface area contributed by atoms with Gasteiger partial charge in [0, 0.05) is 23.2 Å². The SMILES string of the molecule is O=C(O)C(F)(F)F.O=c1[nH]c(-c2ccccc2)c(OCCNc2ccccc2)c2ccc(F)cc12. The fourth-order valence-electron chi connectivity index (χ4n) is 3.14. The highest BCUT2D eigenvalue weighted by Gasteiger charge is 2.38. The summed E-state index contributed by atoms with van der Waals surface area (Å²) in [4.78, 5) is 24.3. The summed E-state index contributed by atoms with van der Waals surface area (Å²) in [5.41, 5.74) is 2.08. The first-order valence-electron chi connectivity index (χ1n) is 10.3. The number of aliphatic carboxylic acids is 1. The van der Waals surface area contributed by atoms with Crippen LogP contribution in [0.1, 0.15) is 0 Å². The molecule has 0 fully saturated rings. The number of hydrogen-bond acceptors (Lipinski definition) is 4. The molecule has 0 bridgehead atoms. The third-order valence-electron chi connectivity index (χ3n) is 4.69. The number of benzene rings is 3. The Kier molecular flexibility index (Phi) is 8.08. The van der Waals surface area contributed by atoms with E-state index in [0.29, 0.717) is 30.0 Å². The second-order valence-electron chi connectivity index (χ2n) is 7.16. The second-order valence-corrected chi connectivity index (χ2v) is 7.16. The van der Waals surface area contributed by atoms with Crippen molar-refractivity contribution in [2.45, 2.75) is 6.18 Å². The number of rotatable bonds is 6. The molecule has 1 aromatic heterocycles. The number of para-hydroxylation sites is 1. The standard InChI is InChI=1S/C23H19FN2O2.C2HF3O2/c24-17-11-12-19-20(15-17)23(27)26-21(16-7-3-1-4-8-16)22(19)28-14-13-25-18-9-5-2-6-10-18;3-2(4,5)1(6)7/h1-12,15,25H,13-14H2,(H,26,27);(H,6,7). The maximum atomic E-state index is 13.7. The van der Waals surface area contributed by atoms with Crippen LogP contribution in [0, 0.1) is 5.82 Å². The van der Waals surface area contributed by atoms with Gasteiger partial charge in [-0.2, -0.15) is 13.2 Å². The van der Waals surface area contributed by atoms with Gasteiger partial charge in [0.25, 0.3) is 5.56 Å². The fraction of sp³-hybridized carbons (Fsp3) is 0.120. The van der Waals surface area contributed by atoms with Crippen molar-refractivity contribution in [3.63, 3.8) is 0 Å². The number of alkyl halides is 3. The molecule has 3 aromatic carbocycles. The highest BCUT2D eigenvalue weighted by Crippen LogP contribution is 2.33. The van der Waals surface area contributed by atoms with Gasteiger partial charge in [0.2, 0.25) is 0 Å². The molecule has 0 aliphatic rings. The van der Waals surface area contributed by atoms with E-state index in [1.165, 1.54) is 12.1 Å². The van der Waals surface area contributed by atoms with E-state index in [1.807, 2.05) is 60.7 Å².